The van der Waals surface area contributed by atoms with Crippen molar-refractivity contribution in [2.75, 3.05) is 13.1 Å². The molecule has 1 unspecified atom stereocenters. The van der Waals surface area contributed by atoms with E-state index in [1.165, 1.54) is 38.8 Å². The standard InChI is InChI=1S/C17H19N3O2/c21-15(16-18-12-3-1-2-4-13(12)22-16)19-14-11-5-9-20(10-6-11)17(14)7-8-17/h1-4,11,14H,5-10H2,(H,19,21). The van der Waals surface area contributed by atoms with Gasteiger partial charge in [0.1, 0.15) is 5.52 Å². The molecule has 1 N–H and O–H groups in total. The Bertz CT molecular complexity index is 708. The lowest BCUT2D eigenvalue weighted by molar-refractivity contribution is -0.00193. The molecular weight excluding hydrogens is 278 g/mol. The van der Waals surface area contributed by atoms with Crippen molar-refractivity contribution in [1.82, 2.24) is 15.2 Å². The number of hydrogen-bond acceptors (Lipinski definition) is 4. The fourth-order valence-corrected chi connectivity index (χ4v) is 4.49. The van der Waals surface area contributed by atoms with Crippen molar-refractivity contribution in [2.45, 2.75) is 37.3 Å². The van der Waals surface area contributed by atoms with Gasteiger partial charge in [-0.15, -0.1) is 0 Å². The smallest absolute Gasteiger partial charge is 0.307 e. The van der Waals surface area contributed by atoms with Crippen LogP contribution in [-0.4, -0.2) is 40.5 Å². The average molecular weight is 297 g/mol. The van der Waals surface area contributed by atoms with E-state index in [1.54, 1.807) is 0 Å². The van der Waals surface area contributed by atoms with Crippen molar-refractivity contribution in [3.63, 3.8) is 0 Å². The Labute approximate surface area is 128 Å². The number of rotatable bonds is 2. The monoisotopic (exact) mass is 297 g/mol. The third-order valence-corrected chi connectivity index (χ3v) is 5.76. The van der Waals surface area contributed by atoms with Gasteiger partial charge in [0.2, 0.25) is 0 Å². The summed E-state index contributed by atoms with van der Waals surface area (Å²) >= 11 is 0. The van der Waals surface area contributed by atoms with Crippen LogP contribution in [0, 0.1) is 5.92 Å². The average Bonchev–Trinajstić information content (AvgIpc) is 3.20. The highest BCUT2D eigenvalue weighted by Gasteiger charge is 2.60. The van der Waals surface area contributed by atoms with E-state index in [0.717, 1.165) is 5.52 Å². The van der Waals surface area contributed by atoms with Gasteiger partial charge in [-0.3, -0.25) is 9.69 Å². The van der Waals surface area contributed by atoms with Crippen LogP contribution >= 0.6 is 0 Å². The molecule has 4 aliphatic rings. The molecule has 1 amide bonds. The molecule has 1 atom stereocenters. The SMILES string of the molecule is O=C(NC1C2CCN(CC2)C12CC2)c1nc2ccccc2o1. The van der Waals surface area contributed by atoms with Gasteiger partial charge in [0.15, 0.2) is 5.58 Å². The number of carbonyl (C=O) groups excluding carboxylic acids is 1. The number of carbonyl (C=O) groups is 1. The van der Waals surface area contributed by atoms with E-state index in [4.69, 9.17) is 4.42 Å². The van der Waals surface area contributed by atoms with Crippen LogP contribution in [0.4, 0.5) is 0 Å². The zero-order chi connectivity index (χ0) is 14.7. The second-order valence-corrected chi connectivity index (χ2v) is 6.87. The number of nitrogens with zero attached hydrogens (tertiary/aromatic N) is 2. The van der Waals surface area contributed by atoms with Gasteiger partial charge in [-0.1, -0.05) is 12.1 Å². The first-order chi connectivity index (χ1) is 10.8. The summed E-state index contributed by atoms with van der Waals surface area (Å²) in [6.45, 7) is 2.39. The summed E-state index contributed by atoms with van der Waals surface area (Å²) in [6.07, 6.45) is 4.81. The molecule has 0 radical (unpaired) electrons. The molecule has 2 bridgehead atoms. The lowest BCUT2D eigenvalue weighted by Gasteiger charge is -2.52. The largest absolute Gasteiger partial charge is 0.432 e. The van der Waals surface area contributed by atoms with Gasteiger partial charge in [0.05, 0.1) is 6.04 Å². The van der Waals surface area contributed by atoms with Crippen molar-refractivity contribution in [1.29, 1.82) is 0 Å². The highest BCUT2D eigenvalue weighted by molar-refractivity contribution is 5.92. The van der Waals surface area contributed by atoms with Crippen LogP contribution in [0.3, 0.4) is 0 Å². The minimum absolute atomic E-state index is 0.166. The van der Waals surface area contributed by atoms with Crippen LogP contribution < -0.4 is 5.32 Å². The number of piperidine rings is 3. The highest BCUT2D eigenvalue weighted by atomic mass is 16.4. The molecule has 3 aliphatic heterocycles. The predicted octanol–water partition coefficient (Wildman–Crippen LogP) is 2.18. The highest BCUT2D eigenvalue weighted by Crippen LogP contribution is 2.53. The number of oxazole rings is 1. The maximum absolute atomic E-state index is 12.6. The van der Waals surface area contributed by atoms with Gasteiger partial charge in [-0.2, -0.15) is 0 Å². The molecule has 22 heavy (non-hydrogen) atoms. The molecule has 1 spiro atoms. The van der Waals surface area contributed by atoms with Crippen LogP contribution in [0.5, 0.6) is 0 Å². The summed E-state index contributed by atoms with van der Waals surface area (Å²) in [7, 11) is 0. The quantitative estimate of drug-likeness (QED) is 0.923. The van der Waals surface area contributed by atoms with Crippen LogP contribution in [0.15, 0.2) is 28.7 Å². The molecular formula is C17H19N3O2. The number of nitrogens with one attached hydrogen (secondary N) is 1. The number of hydrogen-bond donors (Lipinski definition) is 1. The summed E-state index contributed by atoms with van der Waals surface area (Å²) in [6, 6.07) is 7.76. The van der Waals surface area contributed by atoms with E-state index in [-0.39, 0.29) is 23.4 Å². The van der Waals surface area contributed by atoms with Crippen LogP contribution in [0.2, 0.25) is 0 Å². The maximum atomic E-state index is 12.6. The molecule has 6 rings (SSSR count). The summed E-state index contributed by atoms with van der Waals surface area (Å²) in [4.78, 5) is 19.5. The summed E-state index contributed by atoms with van der Waals surface area (Å²) in [5, 5.41) is 3.24. The number of para-hydroxylation sites is 2. The number of fused-ring (bicyclic) bond motifs is 3. The van der Waals surface area contributed by atoms with E-state index >= 15 is 0 Å². The zero-order valence-electron chi connectivity index (χ0n) is 12.4. The van der Waals surface area contributed by atoms with Gasteiger partial charge in [-0.25, -0.2) is 4.98 Å². The number of benzene rings is 1. The Morgan fingerprint density at radius 1 is 1.27 bits per heavy atom. The molecule has 3 saturated heterocycles. The lowest BCUT2D eigenvalue weighted by Crippen LogP contribution is -2.65. The minimum Gasteiger partial charge on any atom is -0.432 e. The summed E-state index contributed by atoms with van der Waals surface area (Å²) in [5.41, 5.74) is 1.65. The molecule has 1 saturated carbocycles. The van der Waals surface area contributed by atoms with Crippen LogP contribution in [0.1, 0.15) is 36.4 Å². The second kappa shape index (κ2) is 4.32. The van der Waals surface area contributed by atoms with E-state index in [1.807, 2.05) is 24.3 Å². The molecule has 1 aliphatic carbocycles. The Kier molecular flexibility index (Phi) is 2.48. The van der Waals surface area contributed by atoms with E-state index in [2.05, 4.69) is 15.2 Å². The van der Waals surface area contributed by atoms with E-state index in [9.17, 15) is 4.79 Å². The summed E-state index contributed by atoms with van der Waals surface area (Å²) in [5.74, 6) is 0.635. The first kappa shape index (κ1) is 12.6. The van der Waals surface area contributed by atoms with Crippen LogP contribution in [-0.2, 0) is 0 Å². The molecule has 1 aromatic heterocycles. The third kappa shape index (κ3) is 1.69. The fraction of sp³-hybridized carbons (Fsp3) is 0.529. The predicted molar refractivity (Wildman–Crippen MR) is 81.5 cm³/mol. The fourth-order valence-electron chi connectivity index (χ4n) is 4.49. The van der Waals surface area contributed by atoms with Crippen molar-refractivity contribution in [3.8, 4) is 0 Å². The van der Waals surface area contributed by atoms with Crippen LogP contribution in [0.25, 0.3) is 11.1 Å². The first-order valence-corrected chi connectivity index (χ1v) is 8.18. The normalized spacial score (nSPS) is 31.5. The molecule has 4 fully saturated rings. The Balaban J connectivity index is 1.42. The van der Waals surface area contributed by atoms with Crippen molar-refractivity contribution < 1.29 is 9.21 Å². The Hall–Kier alpha value is -1.88. The van der Waals surface area contributed by atoms with Crippen molar-refractivity contribution in [3.05, 3.63) is 30.2 Å². The lowest BCUT2D eigenvalue weighted by atomic mass is 9.77. The minimum atomic E-state index is -0.166. The third-order valence-electron chi connectivity index (χ3n) is 5.76. The van der Waals surface area contributed by atoms with Gasteiger partial charge in [0, 0.05) is 5.54 Å². The Morgan fingerprint density at radius 3 is 2.77 bits per heavy atom. The van der Waals surface area contributed by atoms with Crippen molar-refractivity contribution >= 4 is 17.0 Å². The zero-order valence-corrected chi connectivity index (χ0v) is 12.4. The first-order valence-electron chi connectivity index (χ1n) is 8.18. The van der Waals surface area contributed by atoms with Gasteiger partial charge < -0.3 is 9.73 Å². The molecule has 1 aromatic carbocycles. The summed E-state index contributed by atoms with van der Waals surface area (Å²) < 4.78 is 5.60. The Morgan fingerprint density at radius 2 is 2.05 bits per heavy atom. The number of aromatic nitrogens is 1. The van der Waals surface area contributed by atoms with Gasteiger partial charge >= 0.3 is 5.91 Å². The maximum Gasteiger partial charge on any atom is 0.307 e. The molecule has 5 nitrogen and oxygen atoms in total. The molecule has 114 valence electrons. The van der Waals surface area contributed by atoms with E-state index < -0.39 is 0 Å². The molecule has 5 heteroatoms. The van der Waals surface area contributed by atoms with Gasteiger partial charge in [0.25, 0.3) is 5.89 Å². The second-order valence-electron chi connectivity index (χ2n) is 6.87. The number of amides is 1. The van der Waals surface area contributed by atoms with Crippen molar-refractivity contribution in [2.24, 2.45) is 5.92 Å². The molecule has 4 heterocycles. The topological polar surface area (TPSA) is 58.4 Å². The molecule has 2 aromatic rings. The van der Waals surface area contributed by atoms with E-state index in [0.29, 0.717) is 11.5 Å². The van der Waals surface area contributed by atoms with Gasteiger partial charge in [-0.05, 0) is 56.8 Å².